The number of aromatic nitrogens is 1. The van der Waals surface area contributed by atoms with E-state index in [9.17, 15) is 14.4 Å². The molecule has 1 aromatic heterocycles. The summed E-state index contributed by atoms with van der Waals surface area (Å²) in [5.41, 5.74) is 2.55. The number of esters is 1. The highest BCUT2D eigenvalue weighted by atomic mass is 16.6. The second kappa shape index (κ2) is 9.64. The molecule has 0 bridgehead atoms. The lowest BCUT2D eigenvalue weighted by Crippen LogP contribution is -2.43. The molecule has 36 heavy (non-hydrogen) atoms. The smallest absolute Gasteiger partial charge is 0.408 e. The number of nitrogens with zero attached hydrogens (tertiary/aromatic N) is 1. The summed E-state index contributed by atoms with van der Waals surface area (Å²) in [6.07, 6.45) is 1.41. The van der Waals surface area contributed by atoms with Crippen molar-refractivity contribution in [3.63, 3.8) is 0 Å². The van der Waals surface area contributed by atoms with Crippen LogP contribution in [0.2, 0.25) is 0 Å². The van der Waals surface area contributed by atoms with Gasteiger partial charge in [0.1, 0.15) is 23.2 Å². The summed E-state index contributed by atoms with van der Waals surface area (Å²) in [5, 5.41) is 2.78. The minimum absolute atomic E-state index is 0.0206. The Bertz CT molecular complexity index is 1160. The molecule has 0 spiro atoms. The molecule has 8 nitrogen and oxygen atoms in total. The van der Waals surface area contributed by atoms with Gasteiger partial charge < -0.3 is 19.8 Å². The lowest BCUT2D eigenvalue weighted by Gasteiger charge is -2.42. The van der Waals surface area contributed by atoms with E-state index in [1.807, 2.05) is 12.1 Å². The maximum absolute atomic E-state index is 13.8. The maximum atomic E-state index is 13.8. The number of nitrogens with one attached hydrogen (secondary N) is 2. The van der Waals surface area contributed by atoms with Crippen LogP contribution in [0.3, 0.4) is 0 Å². The number of hydrogen-bond acceptors (Lipinski definition) is 5. The van der Waals surface area contributed by atoms with Gasteiger partial charge in [-0.3, -0.25) is 9.69 Å². The van der Waals surface area contributed by atoms with Gasteiger partial charge in [0.25, 0.3) is 5.91 Å². The Kier molecular flexibility index (Phi) is 7.31. The number of likely N-dealkylation sites (N-methyl/N-ethyl adjacent to an activating group) is 1. The topological polar surface area (TPSA) is 101 Å². The molecule has 2 aromatic rings. The summed E-state index contributed by atoms with van der Waals surface area (Å²) in [5.74, 6) is -0.521. The first-order valence-corrected chi connectivity index (χ1v) is 12.2. The number of methoxy groups -OCH3 is 1. The van der Waals surface area contributed by atoms with Gasteiger partial charge in [-0.25, -0.2) is 9.59 Å². The number of carbonyl (C=O) groups is 3. The molecule has 0 radical (unpaired) electrons. The van der Waals surface area contributed by atoms with E-state index in [0.29, 0.717) is 11.4 Å². The summed E-state index contributed by atoms with van der Waals surface area (Å²) in [6.45, 7) is 14.2. The van der Waals surface area contributed by atoms with Gasteiger partial charge in [-0.15, -0.1) is 0 Å². The van der Waals surface area contributed by atoms with E-state index in [4.69, 9.17) is 9.47 Å². The van der Waals surface area contributed by atoms with Gasteiger partial charge in [0.05, 0.1) is 7.11 Å². The predicted molar refractivity (Wildman–Crippen MR) is 139 cm³/mol. The van der Waals surface area contributed by atoms with Gasteiger partial charge in [-0.05, 0) is 73.3 Å². The lowest BCUT2D eigenvalue weighted by atomic mass is 9.63. The summed E-state index contributed by atoms with van der Waals surface area (Å²) in [6, 6.07) is 8.19. The third kappa shape index (κ3) is 5.74. The van der Waals surface area contributed by atoms with E-state index in [-0.39, 0.29) is 22.4 Å². The van der Waals surface area contributed by atoms with E-state index in [2.05, 4.69) is 44.1 Å². The Balaban J connectivity index is 2.03. The van der Waals surface area contributed by atoms with Crippen molar-refractivity contribution < 1.29 is 23.9 Å². The number of ether oxygens (including phenoxy) is 2. The lowest BCUT2D eigenvalue weighted by molar-refractivity contribution is -0.120. The molecule has 0 saturated carbocycles. The number of anilines is 1. The molecule has 1 aromatic carbocycles. The fraction of sp³-hybridized carbons (Fsp3) is 0.536. The van der Waals surface area contributed by atoms with Crippen LogP contribution in [0.15, 0.2) is 30.3 Å². The van der Waals surface area contributed by atoms with Crippen LogP contribution in [0.1, 0.15) is 94.5 Å². The highest BCUT2D eigenvalue weighted by Crippen LogP contribution is 2.46. The summed E-state index contributed by atoms with van der Waals surface area (Å²) in [7, 11) is 2.88. The molecule has 1 unspecified atom stereocenters. The van der Waals surface area contributed by atoms with Crippen molar-refractivity contribution in [3.05, 3.63) is 52.7 Å². The number of H-pyrrole nitrogens is 1. The third-order valence-corrected chi connectivity index (χ3v) is 6.89. The number of alkyl carbamates (subject to hydrolysis) is 1. The average Bonchev–Trinajstić information content (AvgIpc) is 3.28. The molecule has 2 N–H and O–H groups in total. The van der Waals surface area contributed by atoms with Crippen molar-refractivity contribution in [1.29, 1.82) is 0 Å². The summed E-state index contributed by atoms with van der Waals surface area (Å²) < 4.78 is 10.2. The molecular weight excluding hydrogens is 458 g/mol. The first kappa shape index (κ1) is 27.3. The van der Waals surface area contributed by atoms with E-state index in [1.54, 1.807) is 40.0 Å². The Labute approximate surface area is 213 Å². The van der Waals surface area contributed by atoms with Crippen molar-refractivity contribution in [2.45, 2.75) is 83.8 Å². The molecule has 1 atom stereocenters. The Morgan fingerprint density at radius 2 is 1.61 bits per heavy atom. The number of fused-ring (bicyclic) bond motifs is 1. The van der Waals surface area contributed by atoms with Crippen LogP contribution in [0.25, 0.3) is 0 Å². The highest BCUT2D eigenvalue weighted by Gasteiger charge is 2.38. The molecule has 3 rings (SSSR count). The summed E-state index contributed by atoms with van der Waals surface area (Å²) in [4.78, 5) is 42.7. The molecule has 0 saturated heterocycles. The number of carbonyl (C=O) groups excluding carboxylic acids is 3. The van der Waals surface area contributed by atoms with Crippen LogP contribution in [0, 0.1) is 0 Å². The largest absolute Gasteiger partial charge is 0.464 e. The zero-order valence-corrected chi connectivity index (χ0v) is 22.9. The Morgan fingerprint density at radius 3 is 2.19 bits per heavy atom. The highest BCUT2D eigenvalue weighted by molar-refractivity contribution is 5.99. The maximum Gasteiger partial charge on any atom is 0.408 e. The second-order valence-corrected chi connectivity index (χ2v) is 11.8. The number of aromatic amines is 1. The molecule has 1 aliphatic rings. The quantitative estimate of drug-likeness (QED) is 0.540. The molecule has 0 aliphatic heterocycles. The van der Waals surface area contributed by atoms with E-state index in [0.717, 1.165) is 12.8 Å². The van der Waals surface area contributed by atoms with Gasteiger partial charge in [-0.2, -0.15) is 0 Å². The van der Waals surface area contributed by atoms with Crippen LogP contribution < -0.4 is 10.2 Å². The van der Waals surface area contributed by atoms with Gasteiger partial charge >= 0.3 is 12.1 Å². The number of benzene rings is 1. The van der Waals surface area contributed by atoms with Gasteiger partial charge in [0, 0.05) is 7.05 Å². The van der Waals surface area contributed by atoms with Gasteiger partial charge in [-0.1, -0.05) is 45.9 Å². The zero-order valence-electron chi connectivity index (χ0n) is 22.9. The van der Waals surface area contributed by atoms with Crippen LogP contribution in [-0.2, 0) is 25.1 Å². The van der Waals surface area contributed by atoms with Crippen molar-refractivity contribution in [1.82, 2.24) is 10.3 Å². The molecule has 0 fully saturated rings. The van der Waals surface area contributed by atoms with E-state index < -0.39 is 23.7 Å². The zero-order chi connectivity index (χ0) is 27.1. The summed E-state index contributed by atoms with van der Waals surface area (Å²) >= 11 is 0. The van der Waals surface area contributed by atoms with Gasteiger partial charge in [0.15, 0.2) is 0 Å². The average molecular weight is 498 g/mol. The van der Waals surface area contributed by atoms with Crippen molar-refractivity contribution >= 4 is 23.8 Å². The van der Waals surface area contributed by atoms with Crippen LogP contribution in [0.4, 0.5) is 10.6 Å². The van der Waals surface area contributed by atoms with Crippen molar-refractivity contribution in [2.75, 3.05) is 19.1 Å². The minimum Gasteiger partial charge on any atom is -0.464 e. The van der Waals surface area contributed by atoms with Crippen LogP contribution in [0.5, 0.6) is 0 Å². The van der Waals surface area contributed by atoms with Crippen molar-refractivity contribution in [2.24, 2.45) is 0 Å². The fourth-order valence-electron chi connectivity index (χ4n) is 4.62. The first-order valence-electron chi connectivity index (χ1n) is 12.2. The first-order chi connectivity index (χ1) is 16.6. The SMILES string of the molecule is COC(=O)c1ccc(N(C)C(=O)C(NC(=O)OC(C)(C)C)c2ccc3c(c2)C(C)(C)CCC3(C)C)[nH]1. The molecular formula is C28H39N3O5. The van der Waals surface area contributed by atoms with Crippen molar-refractivity contribution in [3.8, 4) is 0 Å². The predicted octanol–water partition coefficient (Wildman–Crippen LogP) is 5.38. The number of hydrogen-bond donors (Lipinski definition) is 2. The molecule has 8 heteroatoms. The van der Waals surface area contributed by atoms with Crippen LogP contribution >= 0.6 is 0 Å². The minimum atomic E-state index is -0.999. The molecule has 196 valence electrons. The standard InChI is InChI=1S/C28H39N3O5/c1-26(2,3)36-25(34)30-22(23(32)31(8)21-13-12-20(29-21)24(33)35-9)17-10-11-18-19(16-17)28(6,7)15-14-27(18,4)5/h10-13,16,22,29H,14-15H2,1-9H3,(H,30,34). The third-order valence-electron chi connectivity index (χ3n) is 6.89. The Hall–Kier alpha value is -3.29. The number of amides is 2. The van der Waals surface area contributed by atoms with Gasteiger partial charge in [0.2, 0.25) is 0 Å². The van der Waals surface area contributed by atoms with E-state index >= 15 is 0 Å². The molecule has 1 aliphatic carbocycles. The second-order valence-electron chi connectivity index (χ2n) is 11.8. The molecule has 1 heterocycles. The Morgan fingerprint density at radius 1 is 1.00 bits per heavy atom. The number of rotatable bonds is 5. The normalized spacial score (nSPS) is 16.9. The van der Waals surface area contributed by atoms with Crippen LogP contribution in [-0.4, -0.2) is 42.7 Å². The van der Waals surface area contributed by atoms with E-state index in [1.165, 1.54) is 23.1 Å². The fourth-order valence-corrected chi connectivity index (χ4v) is 4.62. The monoisotopic (exact) mass is 497 g/mol. The molecule has 2 amide bonds.